The highest BCUT2D eigenvalue weighted by atomic mass is 32.2. The number of furan rings is 1. The number of aryl methyl sites for hydroxylation is 1. The Labute approximate surface area is 147 Å². The molecule has 1 atom stereocenters. The Morgan fingerprint density at radius 1 is 1.04 bits per heavy atom. The first-order chi connectivity index (χ1) is 12.1. The molecule has 3 aromatic rings. The van der Waals surface area contributed by atoms with Crippen molar-refractivity contribution in [3.8, 4) is 0 Å². The molecule has 2 heterocycles. The first kappa shape index (κ1) is 15.8. The van der Waals surface area contributed by atoms with Crippen LogP contribution in [0.5, 0.6) is 0 Å². The highest BCUT2D eigenvalue weighted by molar-refractivity contribution is 7.99. The van der Waals surface area contributed by atoms with Crippen LogP contribution in [0.2, 0.25) is 0 Å². The highest BCUT2D eigenvalue weighted by Crippen LogP contribution is 2.42. The molecule has 5 nitrogen and oxygen atoms in total. The number of thioether (sulfide) groups is 1. The van der Waals surface area contributed by atoms with E-state index in [0.29, 0.717) is 16.9 Å². The van der Waals surface area contributed by atoms with Gasteiger partial charge in [0.25, 0.3) is 5.56 Å². The number of hydrogen-bond donors (Lipinski definition) is 0. The molecule has 4 rings (SSSR count). The van der Waals surface area contributed by atoms with E-state index >= 15 is 0 Å². The van der Waals surface area contributed by atoms with Gasteiger partial charge in [-0.2, -0.15) is 0 Å². The van der Waals surface area contributed by atoms with Crippen LogP contribution >= 0.6 is 11.8 Å². The zero-order valence-electron chi connectivity index (χ0n) is 13.8. The highest BCUT2D eigenvalue weighted by Gasteiger charge is 2.26. The van der Waals surface area contributed by atoms with Crippen LogP contribution in [0, 0.1) is 0 Å². The summed E-state index contributed by atoms with van der Waals surface area (Å²) in [6.07, 6.45) is 7.71. The molecule has 0 radical (unpaired) electrons. The number of allylic oxidation sites excluding steroid dienone is 2. The minimum atomic E-state index is -0.395. The van der Waals surface area contributed by atoms with Gasteiger partial charge in [0.15, 0.2) is 0 Å². The molecular formula is C19H16N2O3S. The maximum Gasteiger partial charge on any atom is 0.333 e. The van der Waals surface area contributed by atoms with Gasteiger partial charge in [-0.15, -0.1) is 11.8 Å². The Hall–Kier alpha value is -2.73. The largest absolute Gasteiger partial charge is 0.439 e. The van der Waals surface area contributed by atoms with Gasteiger partial charge in [0.05, 0.1) is 5.25 Å². The van der Waals surface area contributed by atoms with Crippen molar-refractivity contribution in [3.05, 3.63) is 80.7 Å². The molecule has 1 aliphatic carbocycles. The van der Waals surface area contributed by atoms with Crippen LogP contribution in [0.15, 0.2) is 67.5 Å². The minimum absolute atomic E-state index is 0.0844. The zero-order chi connectivity index (χ0) is 17.6. The van der Waals surface area contributed by atoms with Gasteiger partial charge in [-0.3, -0.25) is 13.9 Å². The van der Waals surface area contributed by atoms with Crippen molar-refractivity contribution >= 4 is 28.9 Å². The van der Waals surface area contributed by atoms with Crippen molar-refractivity contribution in [2.75, 3.05) is 0 Å². The molecule has 0 amide bonds. The number of benzene rings is 1. The van der Waals surface area contributed by atoms with Crippen LogP contribution in [-0.4, -0.2) is 9.13 Å². The first-order valence-corrected chi connectivity index (χ1v) is 8.75. The Kier molecular flexibility index (Phi) is 3.77. The Bertz CT molecular complexity index is 1130. The van der Waals surface area contributed by atoms with Crippen molar-refractivity contribution in [1.82, 2.24) is 9.13 Å². The summed E-state index contributed by atoms with van der Waals surface area (Å²) in [4.78, 5) is 26.1. The molecule has 0 bridgehead atoms. The summed E-state index contributed by atoms with van der Waals surface area (Å²) in [5.41, 5.74) is 0.403. The molecule has 2 aromatic heterocycles. The lowest BCUT2D eigenvalue weighted by molar-refractivity contribution is 0.553. The number of aromatic nitrogens is 2. The lowest BCUT2D eigenvalue weighted by Gasteiger charge is -2.12. The summed E-state index contributed by atoms with van der Waals surface area (Å²) in [6.45, 7) is 0. The van der Waals surface area contributed by atoms with Gasteiger partial charge in [-0.1, -0.05) is 36.4 Å². The molecule has 0 aliphatic heterocycles. The van der Waals surface area contributed by atoms with E-state index in [0.717, 1.165) is 15.0 Å². The molecule has 1 unspecified atom stereocenters. The Balaban J connectivity index is 1.99. The summed E-state index contributed by atoms with van der Waals surface area (Å²) >= 11 is 1.64. The fourth-order valence-electron chi connectivity index (χ4n) is 3.01. The van der Waals surface area contributed by atoms with E-state index in [4.69, 9.17) is 4.42 Å². The second-order valence-corrected chi connectivity index (χ2v) is 7.08. The van der Waals surface area contributed by atoms with Crippen LogP contribution in [-0.2, 0) is 14.1 Å². The lowest BCUT2D eigenvalue weighted by atomic mass is 10.1. The molecule has 1 aliphatic rings. The quantitative estimate of drug-likeness (QED) is 0.710. The van der Waals surface area contributed by atoms with Gasteiger partial charge in [0.1, 0.15) is 11.1 Å². The van der Waals surface area contributed by atoms with E-state index < -0.39 is 5.69 Å². The topological polar surface area (TPSA) is 57.1 Å². The Morgan fingerprint density at radius 3 is 2.56 bits per heavy atom. The van der Waals surface area contributed by atoms with Crippen LogP contribution in [0.25, 0.3) is 17.2 Å². The molecule has 0 spiro atoms. The first-order valence-electron chi connectivity index (χ1n) is 7.87. The molecule has 0 saturated heterocycles. The predicted molar refractivity (Wildman–Crippen MR) is 99.9 cm³/mol. The van der Waals surface area contributed by atoms with Crippen LogP contribution in [0.3, 0.4) is 0 Å². The summed E-state index contributed by atoms with van der Waals surface area (Å²) in [6, 6.07) is 10.0. The van der Waals surface area contributed by atoms with E-state index in [1.54, 1.807) is 18.8 Å². The summed E-state index contributed by atoms with van der Waals surface area (Å²) < 4.78 is 8.40. The van der Waals surface area contributed by atoms with Crippen molar-refractivity contribution < 1.29 is 4.42 Å². The standard InChI is InChI=1S/C19H16N2O3S/c1-20-17(22)16-15-13(24-18(16)21(2)19(20)23)10-6-7-11-14(15)25-12-8-4-3-5-9-12/h3-11,14H,1-2H3. The van der Waals surface area contributed by atoms with E-state index in [1.165, 1.54) is 11.6 Å². The average Bonchev–Trinajstić information content (AvgIpc) is 2.91. The third-order valence-corrected chi connectivity index (χ3v) is 5.48. The third kappa shape index (κ3) is 2.49. The van der Waals surface area contributed by atoms with Gasteiger partial charge in [0.2, 0.25) is 5.71 Å². The lowest BCUT2D eigenvalue weighted by Crippen LogP contribution is -2.36. The van der Waals surface area contributed by atoms with Crippen molar-refractivity contribution in [3.63, 3.8) is 0 Å². The molecule has 0 fully saturated rings. The van der Waals surface area contributed by atoms with Crippen LogP contribution < -0.4 is 11.2 Å². The number of hydrogen-bond acceptors (Lipinski definition) is 4. The van der Waals surface area contributed by atoms with Gasteiger partial charge >= 0.3 is 5.69 Å². The van der Waals surface area contributed by atoms with Gasteiger partial charge < -0.3 is 4.42 Å². The van der Waals surface area contributed by atoms with Gasteiger partial charge in [-0.05, 0) is 18.2 Å². The van der Waals surface area contributed by atoms with E-state index in [-0.39, 0.29) is 10.8 Å². The smallest absolute Gasteiger partial charge is 0.333 e. The monoisotopic (exact) mass is 352 g/mol. The molecule has 0 saturated carbocycles. The van der Waals surface area contributed by atoms with Crippen molar-refractivity contribution in [2.45, 2.75) is 10.1 Å². The number of nitrogens with zero attached hydrogens (tertiary/aromatic N) is 2. The summed E-state index contributed by atoms with van der Waals surface area (Å²) in [7, 11) is 3.11. The molecule has 25 heavy (non-hydrogen) atoms. The van der Waals surface area contributed by atoms with Gasteiger partial charge in [-0.25, -0.2) is 4.79 Å². The molecule has 1 aromatic carbocycles. The molecule has 126 valence electrons. The predicted octanol–water partition coefficient (Wildman–Crippen LogP) is 3.25. The summed E-state index contributed by atoms with van der Waals surface area (Å²) in [5, 5.41) is 0.378. The second-order valence-electron chi connectivity index (χ2n) is 5.86. The zero-order valence-corrected chi connectivity index (χ0v) is 14.6. The van der Waals surface area contributed by atoms with E-state index in [1.807, 2.05) is 54.6 Å². The second kappa shape index (κ2) is 5.97. The number of fused-ring (bicyclic) bond motifs is 3. The molecular weight excluding hydrogens is 336 g/mol. The molecule has 6 heteroatoms. The third-order valence-electron chi connectivity index (χ3n) is 4.29. The maximum atomic E-state index is 12.8. The maximum absolute atomic E-state index is 12.8. The minimum Gasteiger partial charge on any atom is -0.439 e. The van der Waals surface area contributed by atoms with Crippen LogP contribution in [0.4, 0.5) is 0 Å². The van der Waals surface area contributed by atoms with Crippen molar-refractivity contribution in [1.29, 1.82) is 0 Å². The van der Waals surface area contributed by atoms with Crippen molar-refractivity contribution in [2.24, 2.45) is 14.1 Å². The normalized spacial score (nSPS) is 16.2. The van der Waals surface area contributed by atoms with Crippen LogP contribution in [0.1, 0.15) is 16.6 Å². The van der Waals surface area contributed by atoms with E-state index in [2.05, 4.69) is 0 Å². The SMILES string of the molecule is Cn1c(=O)c2c3c(oc2n(C)c1=O)C=CC=CC3Sc1ccccc1. The molecule has 0 N–H and O–H groups in total. The average molecular weight is 352 g/mol. The van der Waals surface area contributed by atoms with E-state index in [9.17, 15) is 9.59 Å². The Morgan fingerprint density at radius 2 is 1.80 bits per heavy atom. The fourth-order valence-corrected chi connectivity index (χ4v) is 4.14. The van der Waals surface area contributed by atoms with Gasteiger partial charge in [0, 0.05) is 24.6 Å². The fraction of sp³-hybridized carbons (Fsp3) is 0.158. The number of rotatable bonds is 2. The summed E-state index contributed by atoms with van der Waals surface area (Å²) in [5.74, 6) is 0.617.